The molecule has 4 aromatic heterocycles. The van der Waals surface area contributed by atoms with Crippen LogP contribution < -0.4 is 0 Å². The van der Waals surface area contributed by atoms with Gasteiger partial charge in [-0.05, 0) is 44.0 Å². The van der Waals surface area contributed by atoms with Gasteiger partial charge in [-0.25, -0.2) is 4.68 Å². The van der Waals surface area contributed by atoms with Crippen molar-refractivity contribution in [1.29, 1.82) is 0 Å². The number of hydrogen-bond donors (Lipinski definition) is 1. The largest absolute Gasteiger partial charge is 0.337 e. The molecule has 10 nitrogen and oxygen atoms in total. The minimum Gasteiger partial charge on any atom is -0.337 e. The Morgan fingerprint density at radius 2 is 2.07 bits per heavy atom. The molecule has 4 aromatic rings. The van der Waals surface area contributed by atoms with Gasteiger partial charge < -0.3 is 4.90 Å². The first-order valence-electron chi connectivity index (χ1n) is 9.23. The Morgan fingerprint density at radius 1 is 1.21 bits per heavy atom. The van der Waals surface area contributed by atoms with Crippen molar-refractivity contribution in [1.82, 2.24) is 44.7 Å². The Balaban J connectivity index is 1.35. The molecule has 0 aliphatic carbocycles. The van der Waals surface area contributed by atoms with Gasteiger partial charge in [0.15, 0.2) is 17.3 Å². The van der Waals surface area contributed by atoms with Gasteiger partial charge in [-0.3, -0.25) is 9.89 Å². The van der Waals surface area contributed by atoms with Crippen molar-refractivity contribution in [3.05, 3.63) is 53.9 Å². The lowest BCUT2D eigenvalue weighted by Crippen LogP contribution is -2.38. The number of fused-ring (bicyclic) bond motifs is 1. The molecular formula is C18H19N9O. The number of H-pyrrole nitrogens is 1. The monoisotopic (exact) mass is 377 g/mol. The van der Waals surface area contributed by atoms with Gasteiger partial charge in [-0.1, -0.05) is 0 Å². The fraction of sp³-hybridized carbons (Fsp3) is 0.333. The van der Waals surface area contributed by atoms with Crippen LogP contribution in [0.5, 0.6) is 0 Å². The zero-order valence-electron chi connectivity index (χ0n) is 15.4. The molecule has 28 heavy (non-hydrogen) atoms. The van der Waals surface area contributed by atoms with Crippen LogP contribution in [0.1, 0.15) is 40.8 Å². The summed E-state index contributed by atoms with van der Waals surface area (Å²) in [7, 11) is 0. The van der Waals surface area contributed by atoms with Crippen LogP contribution >= 0.6 is 0 Å². The van der Waals surface area contributed by atoms with E-state index in [0.717, 1.165) is 24.4 Å². The van der Waals surface area contributed by atoms with E-state index in [1.807, 2.05) is 36.2 Å². The predicted octanol–water partition coefficient (Wildman–Crippen LogP) is 1.36. The number of nitrogens with one attached hydrogen (secondary N) is 1. The number of rotatable bonds is 3. The summed E-state index contributed by atoms with van der Waals surface area (Å²) >= 11 is 0. The van der Waals surface area contributed by atoms with E-state index >= 15 is 0 Å². The molecule has 5 rings (SSSR count). The Morgan fingerprint density at radius 3 is 2.79 bits per heavy atom. The zero-order valence-corrected chi connectivity index (χ0v) is 15.4. The molecule has 1 aliphatic rings. The molecule has 0 aromatic carbocycles. The van der Waals surface area contributed by atoms with Crippen LogP contribution in [-0.2, 0) is 0 Å². The number of likely N-dealkylation sites (tertiary alicyclic amines) is 1. The molecule has 0 saturated carbocycles. The molecule has 0 bridgehead atoms. The molecule has 1 aliphatic heterocycles. The molecule has 0 spiro atoms. The van der Waals surface area contributed by atoms with Crippen molar-refractivity contribution >= 4 is 11.6 Å². The van der Waals surface area contributed by atoms with Crippen LogP contribution in [0.15, 0.2) is 36.7 Å². The first kappa shape index (κ1) is 16.6. The van der Waals surface area contributed by atoms with Gasteiger partial charge in [-0.15, -0.1) is 15.3 Å². The van der Waals surface area contributed by atoms with Crippen LogP contribution in [-0.4, -0.2) is 63.7 Å². The van der Waals surface area contributed by atoms with E-state index in [0.29, 0.717) is 30.2 Å². The molecule has 1 amide bonds. The van der Waals surface area contributed by atoms with Gasteiger partial charge in [0, 0.05) is 37.1 Å². The van der Waals surface area contributed by atoms with Crippen LogP contribution in [0.25, 0.3) is 11.5 Å². The number of piperidine rings is 1. The molecule has 0 radical (unpaired) electrons. The Kier molecular flexibility index (Phi) is 3.89. The zero-order chi connectivity index (χ0) is 19.1. The lowest BCUT2D eigenvalue weighted by Gasteiger charge is -2.30. The molecule has 10 heteroatoms. The van der Waals surface area contributed by atoms with E-state index in [9.17, 15) is 4.79 Å². The summed E-state index contributed by atoms with van der Waals surface area (Å²) in [6.45, 7) is 3.20. The highest BCUT2D eigenvalue weighted by Crippen LogP contribution is 2.27. The number of nitrogens with zero attached hydrogens (tertiary/aromatic N) is 8. The van der Waals surface area contributed by atoms with E-state index in [1.165, 1.54) is 0 Å². The third-order valence-electron chi connectivity index (χ3n) is 5.08. The lowest BCUT2D eigenvalue weighted by atomic mass is 9.96. The standard InChI is InChI=1S/C18H19N9O/c1-12-11-14(21-20-12)18(28)25-9-5-13(6-10-25)17-23-22-15-3-4-16(24-27(15)17)26-8-2-7-19-26/h2-4,7-8,11,13H,5-6,9-10H2,1H3,(H,20,21). The number of carbonyl (C=O) groups is 1. The third kappa shape index (κ3) is 2.82. The van der Waals surface area contributed by atoms with Crippen LogP contribution in [0.3, 0.4) is 0 Å². The van der Waals surface area contributed by atoms with E-state index in [4.69, 9.17) is 0 Å². The summed E-state index contributed by atoms with van der Waals surface area (Å²) in [5.41, 5.74) is 2.05. The van der Waals surface area contributed by atoms with E-state index < -0.39 is 0 Å². The molecule has 0 atom stereocenters. The van der Waals surface area contributed by atoms with E-state index in [2.05, 4.69) is 30.6 Å². The lowest BCUT2D eigenvalue weighted by molar-refractivity contribution is 0.0704. The van der Waals surface area contributed by atoms with Crippen molar-refractivity contribution in [2.24, 2.45) is 0 Å². The van der Waals surface area contributed by atoms with Crippen molar-refractivity contribution in [2.45, 2.75) is 25.7 Å². The average molecular weight is 377 g/mol. The molecular weight excluding hydrogens is 358 g/mol. The maximum atomic E-state index is 12.6. The highest BCUT2D eigenvalue weighted by molar-refractivity contribution is 5.92. The summed E-state index contributed by atoms with van der Waals surface area (Å²) in [5, 5.41) is 24.4. The summed E-state index contributed by atoms with van der Waals surface area (Å²) in [4.78, 5) is 14.4. The Bertz CT molecular complexity index is 1120. The van der Waals surface area contributed by atoms with Crippen LogP contribution in [0.4, 0.5) is 0 Å². The predicted molar refractivity (Wildman–Crippen MR) is 99.1 cm³/mol. The summed E-state index contributed by atoms with van der Waals surface area (Å²) in [6.07, 6.45) is 5.18. The van der Waals surface area contributed by atoms with Crippen molar-refractivity contribution in [3.63, 3.8) is 0 Å². The van der Waals surface area contributed by atoms with Gasteiger partial charge in [-0.2, -0.15) is 14.7 Å². The molecule has 142 valence electrons. The fourth-order valence-electron chi connectivity index (χ4n) is 3.61. The quantitative estimate of drug-likeness (QED) is 0.577. The number of aryl methyl sites for hydroxylation is 1. The van der Waals surface area contributed by atoms with Crippen LogP contribution in [0, 0.1) is 6.92 Å². The van der Waals surface area contributed by atoms with E-state index in [-0.39, 0.29) is 11.8 Å². The van der Waals surface area contributed by atoms with Crippen molar-refractivity contribution in [2.75, 3.05) is 13.1 Å². The van der Waals surface area contributed by atoms with Gasteiger partial charge in [0.05, 0.1) is 0 Å². The fourth-order valence-corrected chi connectivity index (χ4v) is 3.61. The minimum atomic E-state index is -0.0343. The number of hydrogen-bond acceptors (Lipinski definition) is 6. The van der Waals surface area contributed by atoms with Crippen molar-refractivity contribution in [3.8, 4) is 5.82 Å². The maximum absolute atomic E-state index is 12.6. The normalized spacial score (nSPS) is 15.4. The molecule has 1 fully saturated rings. The van der Waals surface area contributed by atoms with Crippen molar-refractivity contribution < 1.29 is 4.79 Å². The second-order valence-corrected chi connectivity index (χ2v) is 6.97. The second kappa shape index (κ2) is 6.55. The smallest absolute Gasteiger partial charge is 0.274 e. The first-order valence-corrected chi connectivity index (χ1v) is 9.23. The maximum Gasteiger partial charge on any atom is 0.274 e. The highest BCUT2D eigenvalue weighted by atomic mass is 16.2. The summed E-state index contributed by atoms with van der Waals surface area (Å²) < 4.78 is 3.49. The molecule has 1 saturated heterocycles. The molecule has 0 unspecified atom stereocenters. The minimum absolute atomic E-state index is 0.0343. The SMILES string of the molecule is Cc1cc(C(=O)N2CCC(c3nnc4ccc(-n5cccn5)nn34)CC2)n[nH]1. The van der Waals surface area contributed by atoms with Gasteiger partial charge in [0.2, 0.25) is 0 Å². The topological polar surface area (TPSA) is 110 Å². The molecule has 5 heterocycles. The first-order chi connectivity index (χ1) is 13.7. The van der Waals surface area contributed by atoms with E-state index in [1.54, 1.807) is 21.5 Å². The molecule has 1 N–H and O–H groups in total. The second-order valence-electron chi connectivity index (χ2n) is 6.97. The number of aromatic amines is 1. The Hall–Kier alpha value is -3.56. The average Bonchev–Trinajstić information content (AvgIpc) is 3.47. The number of aromatic nitrogens is 8. The third-order valence-corrected chi connectivity index (χ3v) is 5.08. The number of carbonyl (C=O) groups excluding carboxylic acids is 1. The highest BCUT2D eigenvalue weighted by Gasteiger charge is 2.28. The summed E-state index contributed by atoms with van der Waals surface area (Å²) in [6, 6.07) is 7.39. The Labute approximate surface area is 160 Å². The van der Waals surface area contributed by atoms with Gasteiger partial charge in [0.1, 0.15) is 5.69 Å². The van der Waals surface area contributed by atoms with Gasteiger partial charge in [0.25, 0.3) is 5.91 Å². The van der Waals surface area contributed by atoms with Crippen LogP contribution in [0.2, 0.25) is 0 Å². The summed E-state index contributed by atoms with van der Waals surface area (Å²) in [5.74, 6) is 1.69. The number of amides is 1. The van der Waals surface area contributed by atoms with Gasteiger partial charge >= 0.3 is 0 Å².